The number of nitrogens with zero attached hydrogens (tertiary/aromatic N) is 3. The van der Waals surface area contributed by atoms with Crippen molar-refractivity contribution in [2.45, 2.75) is 6.17 Å². The lowest BCUT2D eigenvalue weighted by Gasteiger charge is -2.17. The summed E-state index contributed by atoms with van der Waals surface area (Å²) in [6, 6.07) is 97.1. The average molecular weight is 936 g/mol. The number of aliphatic imine (C=N–C) groups is 1. The van der Waals surface area contributed by atoms with Crippen LogP contribution in [0.3, 0.4) is 0 Å². The summed E-state index contributed by atoms with van der Waals surface area (Å²) < 4.78 is 4.57. The second kappa shape index (κ2) is 18.6. The highest BCUT2D eigenvalue weighted by Crippen LogP contribution is 2.40. The molecule has 0 aliphatic rings. The Morgan fingerprint density at radius 3 is 1.07 bits per heavy atom. The van der Waals surface area contributed by atoms with Crippen LogP contribution in [0.4, 0.5) is 0 Å². The zero-order valence-corrected chi connectivity index (χ0v) is 40.0. The highest BCUT2D eigenvalue weighted by molar-refractivity contribution is 6.15. The fourth-order valence-corrected chi connectivity index (χ4v) is 10.4. The lowest BCUT2D eigenvalue weighted by atomic mass is 9.98. The smallest absolute Gasteiger partial charge is 0.149 e. The molecule has 1 atom stereocenters. The highest BCUT2D eigenvalue weighted by atomic mass is 15.4. The van der Waals surface area contributed by atoms with Gasteiger partial charge in [0.2, 0.25) is 0 Å². The van der Waals surface area contributed by atoms with Gasteiger partial charge in [-0.3, -0.25) is 10.1 Å². The van der Waals surface area contributed by atoms with E-state index in [4.69, 9.17) is 10.7 Å². The minimum Gasteiger partial charge on any atom is -0.309 e. The van der Waals surface area contributed by atoms with Crippen molar-refractivity contribution in [2.24, 2.45) is 10.7 Å². The summed E-state index contributed by atoms with van der Waals surface area (Å²) in [4.78, 5) is 5.30. The molecule has 0 radical (unpaired) electrons. The van der Waals surface area contributed by atoms with Gasteiger partial charge >= 0.3 is 0 Å². The first-order chi connectivity index (χ1) is 36.1. The van der Waals surface area contributed by atoms with Gasteiger partial charge in [0.1, 0.15) is 12.0 Å². The van der Waals surface area contributed by atoms with Crippen LogP contribution >= 0.6 is 0 Å². The average Bonchev–Trinajstić information content (AvgIpc) is 3.97. The standard InChI is InChI=1S/C68H49N5/c69-67(52-30-26-50(27-31-52)46-16-6-1-7-17-46)70-68(53-32-28-51(29-33-53)47-18-8-2-9-19-47)71-73-65-40-36-55(49-22-12-4-13-23-49)43-61(65)62-45-57(37-41-66(62)73)56-35-39-64-60(44-56)59-42-54(48-20-10-3-11-21-48)34-38-63(59)72(64)58-24-14-5-15-25-58/h1-45,67H,69H2,(H,70,71). The van der Waals surface area contributed by atoms with Gasteiger partial charge in [-0.25, -0.2) is 4.99 Å². The van der Waals surface area contributed by atoms with E-state index in [0.717, 1.165) is 83.1 Å². The van der Waals surface area contributed by atoms with Crippen molar-refractivity contribution >= 4 is 49.4 Å². The van der Waals surface area contributed by atoms with Crippen molar-refractivity contribution in [1.29, 1.82) is 0 Å². The quantitative estimate of drug-likeness (QED) is 0.106. The van der Waals surface area contributed by atoms with Crippen LogP contribution in [0.15, 0.2) is 278 Å². The SMILES string of the molecule is NC(/N=C(\Nn1c2ccc(-c3ccccc3)cc2c2cc(-c3ccc4c(c3)c3cc(-c5ccccc5)ccc3n4-c3ccccc3)ccc21)c1ccc(-c2ccccc2)cc1)c1ccc(-c2ccccc2)cc1. The van der Waals surface area contributed by atoms with Gasteiger partial charge in [0.15, 0.2) is 0 Å². The number of nitrogens with two attached hydrogens (primary N) is 1. The molecule has 1 unspecified atom stereocenters. The third-order valence-corrected chi connectivity index (χ3v) is 14.2. The maximum Gasteiger partial charge on any atom is 0.149 e. The molecule has 0 saturated carbocycles. The van der Waals surface area contributed by atoms with Crippen molar-refractivity contribution < 1.29 is 0 Å². The Morgan fingerprint density at radius 2 is 0.644 bits per heavy atom. The highest BCUT2D eigenvalue weighted by Gasteiger charge is 2.19. The van der Waals surface area contributed by atoms with Gasteiger partial charge in [-0.2, -0.15) is 0 Å². The Balaban J connectivity index is 0.958. The monoisotopic (exact) mass is 935 g/mol. The summed E-state index contributed by atoms with van der Waals surface area (Å²) in [6.07, 6.45) is -0.642. The Bertz CT molecular complexity index is 4120. The number of amidine groups is 1. The zero-order valence-electron chi connectivity index (χ0n) is 40.0. The van der Waals surface area contributed by atoms with E-state index in [9.17, 15) is 0 Å². The van der Waals surface area contributed by atoms with E-state index in [-0.39, 0.29) is 0 Å². The van der Waals surface area contributed by atoms with Crippen molar-refractivity contribution in [2.75, 3.05) is 5.43 Å². The van der Waals surface area contributed by atoms with Gasteiger partial charge in [-0.1, -0.05) is 212 Å². The van der Waals surface area contributed by atoms with Crippen LogP contribution in [-0.4, -0.2) is 15.1 Å². The molecule has 2 heterocycles. The van der Waals surface area contributed by atoms with E-state index in [1.54, 1.807) is 0 Å². The fourth-order valence-electron chi connectivity index (χ4n) is 10.4. The molecule has 11 aromatic carbocycles. The van der Waals surface area contributed by atoms with Gasteiger partial charge in [0.05, 0.1) is 22.1 Å². The number of para-hydroxylation sites is 1. The van der Waals surface area contributed by atoms with Gasteiger partial charge in [-0.05, 0) is 122 Å². The van der Waals surface area contributed by atoms with Crippen molar-refractivity contribution in [3.63, 3.8) is 0 Å². The molecule has 346 valence electrons. The minimum atomic E-state index is -0.642. The molecule has 3 N–H and O–H groups in total. The third-order valence-electron chi connectivity index (χ3n) is 14.2. The summed E-state index contributed by atoms with van der Waals surface area (Å²) in [5.41, 5.74) is 29.8. The summed E-state index contributed by atoms with van der Waals surface area (Å²) in [5, 5.41) is 4.66. The molecular formula is C68H49N5. The Kier molecular flexibility index (Phi) is 11.1. The molecule has 0 amide bonds. The minimum absolute atomic E-state index is 0.642. The van der Waals surface area contributed by atoms with E-state index in [2.05, 4.69) is 276 Å². The first kappa shape index (κ1) is 43.5. The lowest BCUT2D eigenvalue weighted by Crippen LogP contribution is -2.26. The van der Waals surface area contributed by atoms with Crippen LogP contribution in [0.25, 0.3) is 105 Å². The normalized spacial score (nSPS) is 12.2. The number of aromatic nitrogens is 2. The largest absolute Gasteiger partial charge is 0.309 e. The Hall–Kier alpha value is -9.55. The van der Waals surface area contributed by atoms with Crippen LogP contribution in [0.5, 0.6) is 0 Å². The van der Waals surface area contributed by atoms with Crippen molar-refractivity contribution in [3.8, 4) is 61.3 Å². The predicted octanol–water partition coefficient (Wildman–Crippen LogP) is 16.9. The third kappa shape index (κ3) is 8.24. The Morgan fingerprint density at radius 1 is 0.329 bits per heavy atom. The maximum absolute atomic E-state index is 7.07. The number of hydrogen-bond donors (Lipinski definition) is 2. The van der Waals surface area contributed by atoms with Crippen molar-refractivity contribution in [3.05, 3.63) is 284 Å². The van der Waals surface area contributed by atoms with Gasteiger partial charge in [0.25, 0.3) is 0 Å². The topological polar surface area (TPSA) is 60.3 Å². The first-order valence-electron chi connectivity index (χ1n) is 24.8. The summed E-state index contributed by atoms with van der Waals surface area (Å²) >= 11 is 0. The lowest BCUT2D eigenvalue weighted by molar-refractivity contribution is 0.773. The molecule has 0 bridgehead atoms. The molecule has 5 nitrogen and oxygen atoms in total. The van der Waals surface area contributed by atoms with Crippen molar-refractivity contribution in [1.82, 2.24) is 9.24 Å². The number of benzene rings is 11. The number of nitrogens with one attached hydrogen (secondary N) is 1. The van der Waals surface area contributed by atoms with E-state index in [1.807, 2.05) is 12.1 Å². The van der Waals surface area contributed by atoms with Crippen LogP contribution in [0.1, 0.15) is 17.3 Å². The number of fused-ring (bicyclic) bond motifs is 6. The molecule has 0 aliphatic carbocycles. The molecule has 13 rings (SSSR count). The van der Waals surface area contributed by atoms with E-state index < -0.39 is 6.17 Å². The Labute approximate surface area is 424 Å². The van der Waals surface area contributed by atoms with Crippen LogP contribution in [-0.2, 0) is 0 Å². The zero-order chi connectivity index (χ0) is 48.7. The van der Waals surface area contributed by atoms with Crippen LogP contribution in [0, 0.1) is 0 Å². The number of rotatable bonds is 10. The van der Waals surface area contributed by atoms with E-state index in [0.29, 0.717) is 5.84 Å². The molecule has 2 aromatic heterocycles. The van der Waals surface area contributed by atoms with Crippen LogP contribution < -0.4 is 11.2 Å². The maximum atomic E-state index is 7.07. The van der Waals surface area contributed by atoms with Gasteiger partial charge in [-0.15, -0.1) is 0 Å². The molecule has 0 spiro atoms. The second-order valence-corrected chi connectivity index (χ2v) is 18.6. The summed E-state index contributed by atoms with van der Waals surface area (Å²) in [7, 11) is 0. The molecule has 0 fully saturated rings. The second-order valence-electron chi connectivity index (χ2n) is 18.6. The molecule has 0 saturated heterocycles. The molecule has 0 aliphatic heterocycles. The van der Waals surface area contributed by atoms with Crippen LogP contribution in [0.2, 0.25) is 0 Å². The summed E-state index contributed by atoms with van der Waals surface area (Å²) in [5.74, 6) is 0.657. The first-order valence-corrected chi connectivity index (χ1v) is 24.8. The summed E-state index contributed by atoms with van der Waals surface area (Å²) in [6.45, 7) is 0. The van der Waals surface area contributed by atoms with Gasteiger partial charge < -0.3 is 10.3 Å². The molecule has 13 aromatic rings. The fraction of sp³-hybridized carbons (Fsp3) is 0.0147. The number of hydrogen-bond acceptors (Lipinski definition) is 2. The van der Waals surface area contributed by atoms with Gasteiger partial charge in [0, 0.05) is 32.8 Å². The predicted molar refractivity (Wildman–Crippen MR) is 307 cm³/mol. The van der Waals surface area contributed by atoms with E-state index >= 15 is 0 Å². The molecule has 73 heavy (non-hydrogen) atoms. The molecule has 5 heteroatoms. The van der Waals surface area contributed by atoms with E-state index in [1.165, 1.54) is 32.9 Å². The molecular weight excluding hydrogens is 887 g/mol.